The van der Waals surface area contributed by atoms with Crippen LogP contribution in [-0.4, -0.2) is 24.4 Å². The molecule has 0 bridgehead atoms. The Morgan fingerprint density at radius 2 is 1.68 bits per heavy atom. The molecule has 0 spiro atoms. The molecule has 6 nitrogen and oxygen atoms in total. The smallest absolute Gasteiger partial charge is 0.306 e. The van der Waals surface area contributed by atoms with Gasteiger partial charge in [0.15, 0.2) is 6.61 Å². The van der Waals surface area contributed by atoms with Crippen LogP contribution < -0.4 is 10.6 Å². The third-order valence-corrected chi connectivity index (χ3v) is 5.69. The Hall–Kier alpha value is -3.15. The van der Waals surface area contributed by atoms with Gasteiger partial charge in [0.1, 0.15) is 0 Å². The highest BCUT2D eigenvalue weighted by molar-refractivity contribution is 6.04. The number of ether oxygens (including phenoxy) is 1. The molecule has 0 heterocycles. The summed E-state index contributed by atoms with van der Waals surface area (Å²) < 4.78 is 5.11. The third kappa shape index (κ3) is 6.95. The molecule has 1 saturated carbocycles. The number of nitrogens with one attached hydrogen (secondary N) is 2. The van der Waals surface area contributed by atoms with E-state index in [4.69, 9.17) is 4.74 Å². The average Bonchev–Trinajstić information content (AvgIpc) is 3.31. The van der Waals surface area contributed by atoms with Crippen molar-refractivity contribution in [3.8, 4) is 0 Å². The van der Waals surface area contributed by atoms with Crippen molar-refractivity contribution < 1.29 is 19.1 Å². The van der Waals surface area contributed by atoms with Gasteiger partial charge in [0.05, 0.1) is 17.3 Å². The molecule has 6 heteroatoms. The zero-order valence-corrected chi connectivity index (χ0v) is 17.9. The SMILES string of the molecule is C[C@H](NC(=O)c1ccccc1NC(=O)COC(=O)CCC1CCCC1)c1ccccc1. The molecule has 164 valence electrons. The third-order valence-electron chi connectivity index (χ3n) is 5.69. The van der Waals surface area contributed by atoms with Crippen LogP contribution in [0, 0.1) is 5.92 Å². The summed E-state index contributed by atoms with van der Waals surface area (Å²) in [5, 5.41) is 5.62. The van der Waals surface area contributed by atoms with Gasteiger partial charge in [-0.3, -0.25) is 14.4 Å². The maximum atomic E-state index is 12.8. The van der Waals surface area contributed by atoms with E-state index in [0.29, 0.717) is 23.6 Å². The summed E-state index contributed by atoms with van der Waals surface area (Å²) in [5.74, 6) is -0.513. The van der Waals surface area contributed by atoms with E-state index >= 15 is 0 Å². The van der Waals surface area contributed by atoms with Crippen LogP contribution >= 0.6 is 0 Å². The maximum Gasteiger partial charge on any atom is 0.306 e. The molecule has 2 aromatic rings. The second kappa shape index (κ2) is 11.3. The van der Waals surface area contributed by atoms with Crippen LogP contribution in [-0.2, 0) is 14.3 Å². The normalized spacial score (nSPS) is 14.6. The van der Waals surface area contributed by atoms with Crippen molar-refractivity contribution in [2.24, 2.45) is 5.92 Å². The van der Waals surface area contributed by atoms with E-state index in [9.17, 15) is 14.4 Å². The lowest BCUT2D eigenvalue weighted by Gasteiger charge is -2.16. The Balaban J connectivity index is 1.50. The van der Waals surface area contributed by atoms with E-state index in [1.807, 2.05) is 37.3 Å². The van der Waals surface area contributed by atoms with Crippen LogP contribution in [0.3, 0.4) is 0 Å². The number of hydrogen-bond acceptors (Lipinski definition) is 4. The number of benzene rings is 2. The van der Waals surface area contributed by atoms with Gasteiger partial charge < -0.3 is 15.4 Å². The Kier molecular flexibility index (Phi) is 8.21. The fraction of sp³-hybridized carbons (Fsp3) is 0.400. The van der Waals surface area contributed by atoms with Crippen molar-refractivity contribution in [2.45, 2.75) is 51.5 Å². The number of para-hydroxylation sites is 1. The molecule has 31 heavy (non-hydrogen) atoms. The highest BCUT2D eigenvalue weighted by Gasteiger charge is 2.18. The maximum absolute atomic E-state index is 12.8. The minimum atomic E-state index is -0.467. The lowest BCUT2D eigenvalue weighted by molar-refractivity contribution is -0.147. The summed E-state index contributed by atoms with van der Waals surface area (Å²) >= 11 is 0. The summed E-state index contributed by atoms with van der Waals surface area (Å²) in [5.41, 5.74) is 1.72. The van der Waals surface area contributed by atoms with Crippen LogP contribution in [0.1, 0.15) is 67.4 Å². The van der Waals surface area contributed by atoms with E-state index in [2.05, 4.69) is 10.6 Å². The zero-order chi connectivity index (χ0) is 22.1. The number of hydrogen-bond donors (Lipinski definition) is 2. The molecule has 2 aromatic carbocycles. The summed E-state index contributed by atoms with van der Waals surface area (Å²) in [7, 11) is 0. The van der Waals surface area contributed by atoms with Gasteiger partial charge in [-0.25, -0.2) is 0 Å². The van der Waals surface area contributed by atoms with Gasteiger partial charge in [-0.05, 0) is 37.0 Å². The van der Waals surface area contributed by atoms with Crippen LogP contribution in [0.2, 0.25) is 0 Å². The van der Waals surface area contributed by atoms with Gasteiger partial charge in [0.25, 0.3) is 11.8 Å². The van der Waals surface area contributed by atoms with E-state index in [-0.39, 0.29) is 24.5 Å². The summed E-state index contributed by atoms with van der Waals surface area (Å²) in [4.78, 5) is 37.0. The lowest BCUT2D eigenvalue weighted by Crippen LogP contribution is -2.28. The molecule has 3 rings (SSSR count). The number of anilines is 1. The molecule has 1 aliphatic carbocycles. The van der Waals surface area contributed by atoms with Gasteiger partial charge in [-0.1, -0.05) is 68.1 Å². The predicted octanol–water partition coefficient (Wildman–Crippen LogP) is 4.63. The minimum absolute atomic E-state index is 0.182. The molecule has 0 radical (unpaired) electrons. The quantitative estimate of drug-likeness (QED) is 0.577. The van der Waals surface area contributed by atoms with Gasteiger partial charge >= 0.3 is 5.97 Å². The van der Waals surface area contributed by atoms with Crippen molar-refractivity contribution in [3.63, 3.8) is 0 Å². The molecule has 2 amide bonds. The van der Waals surface area contributed by atoms with Crippen molar-refractivity contribution in [2.75, 3.05) is 11.9 Å². The number of amides is 2. The van der Waals surface area contributed by atoms with Crippen molar-refractivity contribution in [3.05, 3.63) is 65.7 Å². The first-order valence-electron chi connectivity index (χ1n) is 10.9. The first-order valence-corrected chi connectivity index (χ1v) is 10.9. The molecule has 0 aromatic heterocycles. The average molecular weight is 423 g/mol. The van der Waals surface area contributed by atoms with Gasteiger partial charge in [0.2, 0.25) is 0 Å². The highest BCUT2D eigenvalue weighted by Crippen LogP contribution is 2.28. The molecule has 1 aliphatic rings. The Bertz CT molecular complexity index is 891. The molecule has 0 unspecified atom stereocenters. The second-order valence-corrected chi connectivity index (χ2v) is 8.05. The predicted molar refractivity (Wildman–Crippen MR) is 120 cm³/mol. The van der Waals surface area contributed by atoms with Crippen LogP contribution in [0.15, 0.2) is 54.6 Å². The lowest BCUT2D eigenvalue weighted by atomic mass is 10.0. The molecular formula is C25H30N2O4. The number of carbonyl (C=O) groups is 3. The number of carbonyl (C=O) groups excluding carboxylic acids is 3. The molecule has 0 saturated heterocycles. The molecule has 1 atom stereocenters. The molecule has 1 fully saturated rings. The van der Waals surface area contributed by atoms with Crippen LogP contribution in [0.4, 0.5) is 5.69 Å². The minimum Gasteiger partial charge on any atom is -0.456 e. The van der Waals surface area contributed by atoms with Crippen molar-refractivity contribution in [1.29, 1.82) is 0 Å². The van der Waals surface area contributed by atoms with E-state index in [0.717, 1.165) is 12.0 Å². The standard InChI is InChI=1S/C25H30N2O4/c1-18(20-11-3-2-4-12-20)26-25(30)21-13-7-8-14-22(21)27-23(28)17-31-24(29)16-15-19-9-5-6-10-19/h2-4,7-8,11-14,18-19H,5-6,9-10,15-17H2,1H3,(H,26,30)(H,27,28)/t18-/m0/s1. The molecule has 0 aliphatic heterocycles. The Morgan fingerprint density at radius 3 is 2.42 bits per heavy atom. The fourth-order valence-corrected chi connectivity index (χ4v) is 3.92. The van der Waals surface area contributed by atoms with E-state index < -0.39 is 5.91 Å². The largest absolute Gasteiger partial charge is 0.456 e. The topological polar surface area (TPSA) is 84.5 Å². The zero-order valence-electron chi connectivity index (χ0n) is 17.9. The first kappa shape index (κ1) is 22.5. The number of esters is 1. The first-order chi connectivity index (χ1) is 15.0. The monoisotopic (exact) mass is 422 g/mol. The van der Waals surface area contributed by atoms with Gasteiger partial charge in [-0.15, -0.1) is 0 Å². The highest BCUT2D eigenvalue weighted by atomic mass is 16.5. The van der Waals surface area contributed by atoms with Crippen LogP contribution in [0.5, 0.6) is 0 Å². The van der Waals surface area contributed by atoms with E-state index in [1.165, 1.54) is 25.7 Å². The summed E-state index contributed by atoms with van der Waals surface area (Å²) in [6.45, 7) is 1.54. The molecule has 2 N–H and O–H groups in total. The Labute approximate surface area is 183 Å². The summed E-state index contributed by atoms with van der Waals surface area (Å²) in [6.07, 6.45) is 5.99. The van der Waals surface area contributed by atoms with Gasteiger partial charge in [0, 0.05) is 6.42 Å². The summed E-state index contributed by atoms with van der Waals surface area (Å²) in [6, 6.07) is 16.2. The molecular weight excluding hydrogens is 392 g/mol. The van der Waals surface area contributed by atoms with Crippen LogP contribution in [0.25, 0.3) is 0 Å². The van der Waals surface area contributed by atoms with Gasteiger partial charge in [-0.2, -0.15) is 0 Å². The van der Waals surface area contributed by atoms with Crippen molar-refractivity contribution >= 4 is 23.5 Å². The second-order valence-electron chi connectivity index (χ2n) is 8.05. The number of rotatable bonds is 9. The van der Waals surface area contributed by atoms with E-state index in [1.54, 1.807) is 24.3 Å². The fourth-order valence-electron chi connectivity index (χ4n) is 3.92. The van der Waals surface area contributed by atoms with Crippen molar-refractivity contribution in [1.82, 2.24) is 5.32 Å². The Morgan fingerprint density at radius 1 is 1.00 bits per heavy atom.